The van der Waals surface area contributed by atoms with Crippen LogP contribution in [0.5, 0.6) is 0 Å². The predicted octanol–water partition coefficient (Wildman–Crippen LogP) is 0.453. The SMILES string of the molecule is CCCC(CCN)CNS(=O)(=O)c1cnc[nH]1. The summed E-state index contributed by atoms with van der Waals surface area (Å²) in [5.41, 5.74) is 5.50. The molecular formula is C10H20N4O2S. The molecule has 0 saturated heterocycles. The first-order valence-corrected chi connectivity index (χ1v) is 7.26. The molecule has 1 aromatic rings. The van der Waals surface area contributed by atoms with Crippen molar-refractivity contribution in [1.82, 2.24) is 14.7 Å². The summed E-state index contributed by atoms with van der Waals surface area (Å²) in [6.07, 6.45) is 5.47. The molecule has 6 nitrogen and oxygen atoms in total. The Morgan fingerprint density at radius 2 is 2.29 bits per heavy atom. The number of nitrogens with zero attached hydrogens (tertiary/aromatic N) is 1. The van der Waals surface area contributed by atoms with Crippen molar-refractivity contribution in [2.45, 2.75) is 31.2 Å². The summed E-state index contributed by atoms with van der Waals surface area (Å²) >= 11 is 0. The zero-order chi connectivity index (χ0) is 12.7. The van der Waals surface area contributed by atoms with E-state index in [0.29, 0.717) is 19.0 Å². The van der Waals surface area contributed by atoms with Crippen LogP contribution in [0.3, 0.4) is 0 Å². The fourth-order valence-electron chi connectivity index (χ4n) is 1.69. The van der Waals surface area contributed by atoms with Gasteiger partial charge in [0.2, 0.25) is 0 Å². The Labute approximate surface area is 102 Å². The van der Waals surface area contributed by atoms with Crippen LogP contribution in [0.15, 0.2) is 17.6 Å². The molecule has 1 atom stereocenters. The molecule has 0 aromatic carbocycles. The van der Waals surface area contributed by atoms with Gasteiger partial charge in [-0.2, -0.15) is 0 Å². The number of nitrogens with two attached hydrogens (primary N) is 1. The highest BCUT2D eigenvalue weighted by Crippen LogP contribution is 2.10. The third-order valence-electron chi connectivity index (χ3n) is 2.60. The van der Waals surface area contributed by atoms with Crippen LogP contribution in [0.2, 0.25) is 0 Å². The van der Waals surface area contributed by atoms with E-state index < -0.39 is 10.0 Å². The zero-order valence-electron chi connectivity index (χ0n) is 10.0. The van der Waals surface area contributed by atoms with Crippen molar-refractivity contribution in [3.63, 3.8) is 0 Å². The maximum atomic E-state index is 11.8. The van der Waals surface area contributed by atoms with Crippen molar-refractivity contribution in [2.75, 3.05) is 13.1 Å². The average molecular weight is 260 g/mol. The Morgan fingerprint density at radius 3 is 2.82 bits per heavy atom. The lowest BCUT2D eigenvalue weighted by atomic mass is 10.0. The topological polar surface area (TPSA) is 101 Å². The summed E-state index contributed by atoms with van der Waals surface area (Å²) < 4.78 is 26.2. The summed E-state index contributed by atoms with van der Waals surface area (Å²) in [5, 5.41) is 0.0977. The molecule has 98 valence electrons. The van der Waals surface area contributed by atoms with Crippen molar-refractivity contribution in [3.8, 4) is 0 Å². The second kappa shape index (κ2) is 6.73. The average Bonchev–Trinajstić information content (AvgIpc) is 2.81. The highest BCUT2D eigenvalue weighted by molar-refractivity contribution is 7.89. The van der Waals surface area contributed by atoms with E-state index in [0.717, 1.165) is 19.3 Å². The van der Waals surface area contributed by atoms with Gasteiger partial charge in [-0.25, -0.2) is 18.1 Å². The fourth-order valence-corrected chi connectivity index (χ4v) is 2.71. The third-order valence-corrected chi connectivity index (χ3v) is 3.95. The minimum atomic E-state index is -3.46. The molecule has 4 N–H and O–H groups in total. The number of hydrogen-bond donors (Lipinski definition) is 3. The van der Waals surface area contributed by atoms with Crippen LogP contribution in [0.4, 0.5) is 0 Å². The number of aromatic nitrogens is 2. The predicted molar refractivity (Wildman–Crippen MR) is 65.8 cm³/mol. The summed E-state index contributed by atoms with van der Waals surface area (Å²) in [6.45, 7) is 3.08. The minimum Gasteiger partial charge on any atom is -0.335 e. The minimum absolute atomic E-state index is 0.0977. The van der Waals surface area contributed by atoms with Crippen molar-refractivity contribution < 1.29 is 8.42 Å². The lowest BCUT2D eigenvalue weighted by Gasteiger charge is -2.15. The van der Waals surface area contributed by atoms with Gasteiger partial charge in [-0.1, -0.05) is 13.3 Å². The molecular weight excluding hydrogens is 240 g/mol. The quantitative estimate of drug-likeness (QED) is 0.631. The fraction of sp³-hybridized carbons (Fsp3) is 0.700. The summed E-state index contributed by atoms with van der Waals surface area (Å²) in [4.78, 5) is 6.27. The number of aromatic amines is 1. The summed E-state index contributed by atoms with van der Waals surface area (Å²) in [5.74, 6) is 0.294. The molecule has 1 heterocycles. The molecule has 0 aliphatic carbocycles. The Balaban J connectivity index is 2.53. The third kappa shape index (κ3) is 4.45. The standard InChI is InChI=1S/C10H20N4O2S/c1-2-3-9(4-5-11)6-14-17(15,16)10-7-12-8-13-10/h7-9,14H,2-6,11H2,1H3,(H,12,13). The molecule has 0 spiro atoms. The molecule has 7 heteroatoms. The Bertz CT molecular complexity index is 396. The van der Waals surface area contributed by atoms with E-state index in [-0.39, 0.29) is 5.03 Å². The van der Waals surface area contributed by atoms with Gasteiger partial charge in [-0.3, -0.25) is 0 Å². The lowest BCUT2D eigenvalue weighted by Crippen LogP contribution is -2.30. The molecule has 1 unspecified atom stereocenters. The van der Waals surface area contributed by atoms with Crippen LogP contribution in [0.25, 0.3) is 0 Å². The molecule has 0 bridgehead atoms. The maximum absolute atomic E-state index is 11.8. The van der Waals surface area contributed by atoms with Gasteiger partial charge in [0.05, 0.1) is 12.5 Å². The molecule has 0 amide bonds. The number of rotatable bonds is 8. The number of hydrogen-bond acceptors (Lipinski definition) is 4. The second-order valence-electron chi connectivity index (χ2n) is 4.00. The molecule has 0 fully saturated rings. The first-order valence-electron chi connectivity index (χ1n) is 5.78. The monoisotopic (exact) mass is 260 g/mol. The zero-order valence-corrected chi connectivity index (χ0v) is 10.8. The van der Waals surface area contributed by atoms with Crippen LogP contribution in [0, 0.1) is 5.92 Å². The van der Waals surface area contributed by atoms with Gasteiger partial charge in [0.1, 0.15) is 0 Å². The van der Waals surface area contributed by atoms with E-state index in [1.54, 1.807) is 0 Å². The number of H-pyrrole nitrogens is 1. The van der Waals surface area contributed by atoms with Crippen molar-refractivity contribution >= 4 is 10.0 Å². The van der Waals surface area contributed by atoms with Gasteiger partial charge in [-0.15, -0.1) is 0 Å². The largest absolute Gasteiger partial charge is 0.335 e. The molecule has 0 aliphatic heterocycles. The Kier molecular flexibility index (Phi) is 5.60. The number of sulfonamides is 1. The van der Waals surface area contributed by atoms with Crippen LogP contribution < -0.4 is 10.5 Å². The maximum Gasteiger partial charge on any atom is 0.257 e. The Hall–Kier alpha value is -0.920. The van der Waals surface area contributed by atoms with E-state index in [1.165, 1.54) is 12.5 Å². The smallest absolute Gasteiger partial charge is 0.257 e. The van der Waals surface area contributed by atoms with Gasteiger partial charge in [0, 0.05) is 6.54 Å². The van der Waals surface area contributed by atoms with Crippen LogP contribution >= 0.6 is 0 Å². The molecule has 17 heavy (non-hydrogen) atoms. The van der Waals surface area contributed by atoms with Crippen molar-refractivity contribution in [1.29, 1.82) is 0 Å². The molecule has 0 radical (unpaired) electrons. The summed E-state index contributed by atoms with van der Waals surface area (Å²) in [6, 6.07) is 0. The first-order chi connectivity index (χ1) is 8.10. The summed E-state index contributed by atoms with van der Waals surface area (Å²) in [7, 11) is -3.46. The highest BCUT2D eigenvalue weighted by atomic mass is 32.2. The van der Waals surface area contributed by atoms with Gasteiger partial charge >= 0.3 is 0 Å². The molecule has 0 saturated carbocycles. The van der Waals surface area contributed by atoms with E-state index in [2.05, 4.69) is 21.6 Å². The van der Waals surface area contributed by atoms with E-state index in [1.807, 2.05) is 0 Å². The normalized spacial score (nSPS) is 13.8. The van der Waals surface area contributed by atoms with Crippen molar-refractivity contribution in [3.05, 3.63) is 12.5 Å². The van der Waals surface area contributed by atoms with Crippen LogP contribution in [-0.2, 0) is 10.0 Å². The lowest BCUT2D eigenvalue weighted by molar-refractivity contribution is 0.443. The van der Waals surface area contributed by atoms with E-state index in [4.69, 9.17) is 5.73 Å². The van der Waals surface area contributed by atoms with Crippen molar-refractivity contribution in [2.24, 2.45) is 11.7 Å². The number of imidazole rings is 1. The van der Waals surface area contributed by atoms with E-state index >= 15 is 0 Å². The number of nitrogens with one attached hydrogen (secondary N) is 2. The molecule has 1 aromatic heterocycles. The van der Waals surface area contributed by atoms with Crippen LogP contribution in [0.1, 0.15) is 26.2 Å². The first kappa shape index (κ1) is 14.1. The van der Waals surface area contributed by atoms with Gasteiger partial charge in [0.15, 0.2) is 5.03 Å². The van der Waals surface area contributed by atoms with Crippen LogP contribution in [-0.4, -0.2) is 31.5 Å². The second-order valence-corrected chi connectivity index (χ2v) is 5.74. The Morgan fingerprint density at radius 1 is 1.53 bits per heavy atom. The highest BCUT2D eigenvalue weighted by Gasteiger charge is 2.17. The van der Waals surface area contributed by atoms with Gasteiger partial charge in [0.25, 0.3) is 10.0 Å². The van der Waals surface area contributed by atoms with E-state index in [9.17, 15) is 8.42 Å². The van der Waals surface area contributed by atoms with Gasteiger partial charge < -0.3 is 10.7 Å². The molecule has 0 aliphatic rings. The molecule has 1 rings (SSSR count). The van der Waals surface area contributed by atoms with Gasteiger partial charge in [-0.05, 0) is 25.3 Å².